The molecule has 3 atom stereocenters. The lowest BCUT2D eigenvalue weighted by molar-refractivity contribution is -0.671. The molecule has 0 radical (unpaired) electrons. The third-order valence-corrected chi connectivity index (χ3v) is 8.31. The molecule has 0 aliphatic rings. The lowest BCUT2D eigenvalue weighted by Crippen LogP contribution is -3.00. The monoisotopic (exact) mass is 664 g/mol. The van der Waals surface area contributed by atoms with Crippen LogP contribution < -0.4 is 26.9 Å². The molecule has 0 bridgehead atoms. The average Bonchev–Trinajstić information content (AvgIpc) is 3.01. The number of carbonyl (C=O) groups excluding carboxylic acids is 1. The number of rotatable bonds is 25. The van der Waals surface area contributed by atoms with Crippen LogP contribution in [0.1, 0.15) is 130 Å². The summed E-state index contributed by atoms with van der Waals surface area (Å²) in [6.45, 7) is 7.68. The first-order valence-electron chi connectivity index (χ1n) is 17.1. The van der Waals surface area contributed by atoms with Crippen molar-refractivity contribution in [3.8, 4) is 0 Å². The van der Waals surface area contributed by atoms with Gasteiger partial charge in [-0.1, -0.05) is 109 Å². The minimum atomic E-state index is -0.728. The second-order valence-electron chi connectivity index (χ2n) is 11.8. The van der Waals surface area contributed by atoms with Crippen molar-refractivity contribution < 1.29 is 40.6 Å². The summed E-state index contributed by atoms with van der Waals surface area (Å²) in [5.74, 6) is 0. The van der Waals surface area contributed by atoms with Crippen molar-refractivity contribution in [3.63, 3.8) is 0 Å². The zero-order valence-corrected chi connectivity index (χ0v) is 29.3. The van der Waals surface area contributed by atoms with Gasteiger partial charge in [0.1, 0.15) is 12.6 Å². The third-order valence-electron chi connectivity index (χ3n) is 8.31. The Bertz CT molecular complexity index is 954. The molecule has 1 aromatic heterocycles. The summed E-state index contributed by atoms with van der Waals surface area (Å²) in [6.07, 6.45) is 21.8. The van der Waals surface area contributed by atoms with Gasteiger partial charge in [-0.25, -0.2) is 4.79 Å². The fraction of sp³-hybridized carbons (Fsp3) is 0.722. The number of unbranched alkanes of at least 4 members (excludes halogenated alkanes) is 13. The first-order valence-corrected chi connectivity index (χ1v) is 17.1. The van der Waals surface area contributed by atoms with Gasteiger partial charge in [-0.3, -0.25) is 0 Å². The molecule has 43 heavy (non-hydrogen) atoms. The second-order valence-corrected chi connectivity index (χ2v) is 11.8. The first kappa shape index (κ1) is 39.3. The van der Waals surface area contributed by atoms with Crippen LogP contribution in [0.15, 0.2) is 42.6 Å². The van der Waals surface area contributed by atoms with E-state index in [1.165, 1.54) is 88.0 Å². The number of benzene rings is 1. The molecule has 1 aromatic carbocycles. The molecular formula is C36H61BrN2O4. The number of aromatic nitrogens is 1. The molecule has 1 N–H and O–H groups in total. The van der Waals surface area contributed by atoms with Gasteiger partial charge in [0.2, 0.25) is 11.8 Å². The van der Waals surface area contributed by atoms with Crippen LogP contribution >= 0.6 is 0 Å². The lowest BCUT2D eigenvalue weighted by atomic mass is 10.0. The average molecular weight is 666 g/mol. The summed E-state index contributed by atoms with van der Waals surface area (Å²) in [6, 6.07) is 12.8. The van der Waals surface area contributed by atoms with Gasteiger partial charge in [-0.15, -0.1) is 0 Å². The van der Waals surface area contributed by atoms with Crippen LogP contribution in [0.25, 0.3) is 10.9 Å². The van der Waals surface area contributed by atoms with Crippen molar-refractivity contribution in [2.45, 2.75) is 155 Å². The van der Waals surface area contributed by atoms with Gasteiger partial charge in [0.15, 0.2) is 6.20 Å². The highest BCUT2D eigenvalue weighted by Crippen LogP contribution is 2.15. The molecule has 3 unspecified atom stereocenters. The summed E-state index contributed by atoms with van der Waals surface area (Å²) < 4.78 is 19.4. The van der Waals surface area contributed by atoms with E-state index in [9.17, 15) is 4.79 Å². The minimum absolute atomic E-state index is 0. The molecule has 0 aliphatic carbocycles. The zero-order valence-electron chi connectivity index (χ0n) is 27.7. The van der Waals surface area contributed by atoms with E-state index in [4.69, 9.17) is 14.2 Å². The van der Waals surface area contributed by atoms with Gasteiger partial charge in [0.25, 0.3) is 0 Å². The minimum Gasteiger partial charge on any atom is -1.00 e. The van der Waals surface area contributed by atoms with Gasteiger partial charge < -0.3 is 36.5 Å². The molecule has 2 rings (SSSR count). The second kappa shape index (κ2) is 25.6. The Kier molecular flexibility index (Phi) is 23.4. The number of ether oxygens (including phenoxy) is 3. The summed E-state index contributed by atoms with van der Waals surface area (Å²) in [7, 11) is 1.61. The number of para-hydroxylation sites is 1. The molecule has 0 spiro atoms. The number of nitrogens with one attached hydrogen (secondary N) is 1. The van der Waals surface area contributed by atoms with Crippen LogP contribution in [-0.2, 0) is 20.8 Å². The normalized spacial score (nSPS) is 13.3. The summed E-state index contributed by atoms with van der Waals surface area (Å²) >= 11 is 0. The number of halogens is 1. The summed E-state index contributed by atoms with van der Waals surface area (Å²) in [5, 5.41) is 4.30. The molecule has 7 heteroatoms. The molecule has 1 amide bonds. The number of hydrogen-bond acceptors (Lipinski definition) is 4. The topological polar surface area (TPSA) is 60.7 Å². The molecule has 246 valence electrons. The van der Waals surface area contributed by atoms with Gasteiger partial charge in [-0.2, -0.15) is 4.57 Å². The summed E-state index contributed by atoms with van der Waals surface area (Å²) in [4.78, 5) is 12.7. The Hall–Kier alpha value is -1.70. The number of amides is 1. The van der Waals surface area contributed by atoms with E-state index in [0.717, 1.165) is 38.6 Å². The van der Waals surface area contributed by atoms with Crippen LogP contribution in [0.2, 0.25) is 0 Å². The van der Waals surface area contributed by atoms with Gasteiger partial charge in [0.05, 0.1) is 6.61 Å². The Labute approximate surface area is 273 Å². The van der Waals surface area contributed by atoms with Crippen molar-refractivity contribution in [2.24, 2.45) is 0 Å². The largest absolute Gasteiger partial charge is 1.00 e. The standard InChI is InChI=1S/C36H60N2O4.BrH/c1-5-7-8-9-10-11-12-13-14-15-16-17-18-26-33(6-2)37-36(39)42-35(31(3)40-4)41-30-22-21-28-38-29-23-25-32-24-19-20-27-34(32)38;/h19-20,23-25,27,29,31,33,35H,5-18,21-22,26,28,30H2,1-4H3;1H. The van der Waals surface area contributed by atoms with E-state index >= 15 is 0 Å². The molecular weight excluding hydrogens is 604 g/mol. The van der Waals surface area contributed by atoms with Crippen molar-refractivity contribution in [3.05, 3.63) is 42.6 Å². The fourth-order valence-electron chi connectivity index (χ4n) is 5.47. The SMILES string of the molecule is CCCCCCCCCCCCCCCC(CC)NC(=O)OC(OCCCC[n+]1cccc2ccccc21)C(C)OC.[Br-]. The Morgan fingerprint density at radius 2 is 1.42 bits per heavy atom. The number of hydrogen-bond donors (Lipinski definition) is 1. The van der Waals surface area contributed by atoms with Crippen LogP contribution in [0.3, 0.4) is 0 Å². The Morgan fingerprint density at radius 1 is 0.814 bits per heavy atom. The van der Waals surface area contributed by atoms with Crippen molar-refractivity contribution in [1.29, 1.82) is 0 Å². The number of carbonyl (C=O) groups is 1. The number of nitrogens with zero attached hydrogens (tertiary/aromatic N) is 1. The van der Waals surface area contributed by atoms with Gasteiger partial charge in [-0.05, 0) is 38.3 Å². The summed E-state index contributed by atoms with van der Waals surface area (Å²) in [5.41, 5.74) is 1.23. The van der Waals surface area contributed by atoms with Crippen LogP contribution in [0.4, 0.5) is 4.79 Å². The maximum absolute atomic E-state index is 12.7. The number of pyridine rings is 1. The smallest absolute Gasteiger partial charge is 0.409 e. The molecule has 6 nitrogen and oxygen atoms in total. The maximum atomic E-state index is 12.7. The van der Waals surface area contributed by atoms with E-state index in [1.807, 2.05) is 6.92 Å². The van der Waals surface area contributed by atoms with E-state index in [0.29, 0.717) is 6.61 Å². The van der Waals surface area contributed by atoms with Crippen LogP contribution in [-0.4, -0.2) is 38.2 Å². The molecule has 0 aliphatic heterocycles. The first-order chi connectivity index (χ1) is 20.6. The van der Waals surface area contributed by atoms with Crippen molar-refractivity contribution in [2.75, 3.05) is 13.7 Å². The van der Waals surface area contributed by atoms with E-state index < -0.39 is 12.4 Å². The predicted molar refractivity (Wildman–Crippen MR) is 174 cm³/mol. The number of fused-ring (bicyclic) bond motifs is 1. The molecule has 1 heterocycles. The van der Waals surface area contributed by atoms with Gasteiger partial charge >= 0.3 is 6.09 Å². The van der Waals surface area contributed by atoms with E-state index in [2.05, 4.69) is 66.3 Å². The number of aryl methyl sites for hydroxylation is 1. The van der Waals surface area contributed by atoms with Crippen LogP contribution in [0, 0.1) is 0 Å². The predicted octanol–water partition coefficient (Wildman–Crippen LogP) is 6.28. The van der Waals surface area contributed by atoms with Crippen LogP contribution in [0.5, 0.6) is 0 Å². The zero-order chi connectivity index (χ0) is 30.3. The van der Waals surface area contributed by atoms with Crippen molar-refractivity contribution in [1.82, 2.24) is 5.32 Å². The highest BCUT2D eigenvalue weighted by Gasteiger charge is 2.23. The van der Waals surface area contributed by atoms with Crippen molar-refractivity contribution >= 4 is 17.0 Å². The lowest BCUT2D eigenvalue weighted by Gasteiger charge is -2.25. The highest BCUT2D eigenvalue weighted by atomic mass is 79.9. The van der Waals surface area contributed by atoms with E-state index in [-0.39, 0.29) is 29.1 Å². The molecule has 0 fully saturated rings. The Morgan fingerprint density at radius 3 is 2.05 bits per heavy atom. The molecule has 2 aromatic rings. The van der Waals surface area contributed by atoms with Gasteiger partial charge in [0, 0.05) is 37.1 Å². The highest BCUT2D eigenvalue weighted by molar-refractivity contribution is 5.74. The molecule has 0 saturated heterocycles. The Balaban J connectivity index is 0.00000924. The quantitative estimate of drug-likeness (QED) is 0.0772. The fourth-order valence-corrected chi connectivity index (χ4v) is 5.47. The number of methoxy groups -OCH3 is 1. The van der Waals surface area contributed by atoms with E-state index in [1.54, 1.807) is 7.11 Å². The number of alkyl carbamates (subject to hydrolysis) is 1. The molecule has 0 saturated carbocycles. The third kappa shape index (κ3) is 17.4. The maximum Gasteiger partial charge on any atom is 0.409 e.